The maximum Gasteiger partial charge on any atom is 0.264 e. The number of hydrogen-bond donors (Lipinski definition) is 1. The first kappa shape index (κ1) is 16.2. The molecule has 2 aromatic rings. The zero-order valence-corrected chi connectivity index (χ0v) is 13.9. The van der Waals surface area contributed by atoms with E-state index in [1.54, 1.807) is 19.2 Å². The first-order chi connectivity index (χ1) is 10.9. The van der Waals surface area contributed by atoms with Crippen LogP contribution >= 0.6 is 11.6 Å². The van der Waals surface area contributed by atoms with E-state index in [4.69, 9.17) is 16.3 Å². The number of rotatable bonds is 4. The van der Waals surface area contributed by atoms with Crippen molar-refractivity contribution in [3.8, 4) is 0 Å². The Morgan fingerprint density at radius 1 is 1.17 bits per heavy atom. The Labute approximate surface area is 139 Å². The van der Waals surface area contributed by atoms with Gasteiger partial charge >= 0.3 is 0 Å². The molecule has 0 fully saturated rings. The Kier molecular flexibility index (Phi) is 4.31. The fourth-order valence-corrected chi connectivity index (χ4v) is 3.98. The van der Waals surface area contributed by atoms with Crippen molar-refractivity contribution in [3.63, 3.8) is 0 Å². The van der Waals surface area contributed by atoms with Gasteiger partial charge < -0.3 is 4.74 Å². The maximum absolute atomic E-state index is 13.8. The molecule has 0 radical (unpaired) electrons. The lowest BCUT2D eigenvalue weighted by Crippen LogP contribution is -2.14. The second-order valence-electron chi connectivity index (χ2n) is 5.43. The Morgan fingerprint density at radius 3 is 2.61 bits per heavy atom. The number of hydrogen-bond acceptors (Lipinski definition) is 3. The van der Waals surface area contributed by atoms with Crippen molar-refractivity contribution in [2.45, 2.75) is 23.8 Å². The largest absolute Gasteiger partial charge is 0.381 e. The Morgan fingerprint density at radius 2 is 1.91 bits per heavy atom. The van der Waals surface area contributed by atoms with Gasteiger partial charge in [-0.2, -0.15) is 0 Å². The van der Waals surface area contributed by atoms with Gasteiger partial charge in [0.05, 0.1) is 6.10 Å². The molecular weight excluding hydrogens is 341 g/mol. The molecule has 3 rings (SSSR count). The van der Waals surface area contributed by atoms with Gasteiger partial charge in [0.25, 0.3) is 10.0 Å². The molecule has 0 saturated carbocycles. The maximum atomic E-state index is 13.8. The van der Waals surface area contributed by atoms with Crippen LogP contribution in [0.5, 0.6) is 0 Å². The number of methoxy groups -OCH3 is 1. The highest BCUT2D eigenvalue weighted by Gasteiger charge is 2.23. The van der Waals surface area contributed by atoms with Gasteiger partial charge in [0.15, 0.2) is 0 Å². The fraction of sp³-hybridized carbons (Fsp3) is 0.250. The van der Waals surface area contributed by atoms with Crippen molar-refractivity contribution in [2.75, 3.05) is 11.8 Å². The van der Waals surface area contributed by atoms with Crippen molar-refractivity contribution in [1.82, 2.24) is 0 Å². The SMILES string of the molecule is COC1Cc2ccc(NS(=O)(=O)c3ccc(Cl)cc3F)cc2C1. The molecule has 122 valence electrons. The summed E-state index contributed by atoms with van der Waals surface area (Å²) in [4.78, 5) is -0.433. The van der Waals surface area contributed by atoms with Gasteiger partial charge in [-0.25, -0.2) is 12.8 Å². The van der Waals surface area contributed by atoms with Crippen LogP contribution in [0, 0.1) is 5.82 Å². The summed E-state index contributed by atoms with van der Waals surface area (Å²) in [6.07, 6.45) is 1.66. The van der Waals surface area contributed by atoms with Gasteiger partial charge in [-0.05, 0) is 54.3 Å². The van der Waals surface area contributed by atoms with Crippen LogP contribution in [0.4, 0.5) is 10.1 Å². The predicted molar refractivity (Wildman–Crippen MR) is 86.9 cm³/mol. The standard InChI is InChI=1S/C16H15ClFNO3S/c1-22-14-7-10-2-4-13(6-11(10)8-14)19-23(20,21)16-5-3-12(17)9-15(16)18/h2-6,9,14,19H,7-8H2,1H3. The molecule has 0 aliphatic heterocycles. The Bertz CT molecular complexity index is 854. The van der Waals surface area contributed by atoms with Crippen LogP contribution in [-0.2, 0) is 27.6 Å². The molecule has 0 aromatic heterocycles. The molecule has 1 unspecified atom stereocenters. The van der Waals surface area contributed by atoms with Crippen LogP contribution in [0.25, 0.3) is 0 Å². The van der Waals surface area contributed by atoms with E-state index in [0.717, 1.165) is 36.1 Å². The van der Waals surface area contributed by atoms with Crippen molar-refractivity contribution < 1.29 is 17.5 Å². The summed E-state index contributed by atoms with van der Waals surface area (Å²) in [5.74, 6) is -0.884. The molecule has 1 N–H and O–H groups in total. The summed E-state index contributed by atoms with van der Waals surface area (Å²) in [7, 11) is -2.36. The van der Waals surface area contributed by atoms with E-state index in [1.165, 1.54) is 6.07 Å². The van der Waals surface area contributed by atoms with Crippen LogP contribution in [0.3, 0.4) is 0 Å². The highest BCUT2D eigenvalue weighted by Crippen LogP contribution is 2.28. The van der Waals surface area contributed by atoms with Crippen molar-refractivity contribution in [3.05, 3.63) is 58.4 Å². The number of sulfonamides is 1. The molecule has 0 amide bonds. The third-order valence-corrected chi connectivity index (χ3v) is 5.52. The number of halogens is 2. The first-order valence-electron chi connectivity index (χ1n) is 7.01. The third-order valence-electron chi connectivity index (χ3n) is 3.87. The normalized spacial score (nSPS) is 17.1. The zero-order valence-electron chi connectivity index (χ0n) is 12.3. The fourth-order valence-electron chi connectivity index (χ4n) is 2.71. The van der Waals surface area contributed by atoms with E-state index in [2.05, 4.69) is 4.72 Å². The number of fused-ring (bicyclic) bond motifs is 1. The molecule has 1 aliphatic rings. The van der Waals surface area contributed by atoms with E-state index < -0.39 is 20.7 Å². The summed E-state index contributed by atoms with van der Waals surface area (Å²) >= 11 is 5.65. The van der Waals surface area contributed by atoms with Crippen LogP contribution in [0.1, 0.15) is 11.1 Å². The van der Waals surface area contributed by atoms with Gasteiger partial charge in [0.1, 0.15) is 10.7 Å². The van der Waals surface area contributed by atoms with E-state index in [1.807, 2.05) is 6.07 Å². The smallest absolute Gasteiger partial charge is 0.264 e. The lowest BCUT2D eigenvalue weighted by atomic mass is 10.1. The lowest BCUT2D eigenvalue weighted by Gasteiger charge is -2.10. The highest BCUT2D eigenvalue weighted by molar-refractivity contribution is 7.92. The van der Waals surface area contributed by atoms with Gasteiger partial charge in [-0.3, -0.25) is 4.72 Å². The minimum atomic E-state index is -4.01. The van der Waals surface area contributed by atoms with E-state index in [-0.39, 0.29) is 11.1 Å². The second kappa shape index (κ2) is 6.11. The molecule has 1 aliphatic carbocycles. The lowest BCUT2D eigenvalue weighted by molar-refractivity contribution is 0.112. The molecular formula is C16H15ClFNO3S. The molecule has 0 bridgehead atoms. The van der Waals surface area contributed by atoms with E-state index >= 15 is 0 Å². The molecule has 2 aromatic carbocycles. The molecule has 4 nitrogen and oxygen atoms in total. The highest BCUT2D eigenvalue weighted by atomic mass is 35.5. The number of benzene rings is 2. The van der Waals surface area contributed by atoms with Crippen LogP contribution < -0.4 is 4.72 Å². The van der Waals surface area contributed by atoms with E-state index in [9.17, 15) is 12.8 Å². The summed E-state index contributed by atoms with van der Waals surface area (Å²) in [5, 5.41) is 0.143. The molecule has 23 heavy (non-hydrogen) atoms. The second-order valence-corrected chi connectivity index (χ2v) is 7.52. The first-order valence-corrected chi connectivity index (χ1v) is 8.87. The Balaban J connectivity index is 1.87. The minimum Gasteiger partial charge on any atom is -0.381 e. The topological polar surface area (TPSA) is 55.4 Å². The van der Waals surface area contributed by atoms with Gasteiger partial charge in [-0.15, -0.1) is 0 Å². The zero-order chi connectivity index (χ0) is 16.6. The summed E-state index contributed by atoms with van der Waals surface area (Å²) in [6.45, 7) is 0. The molecule has 0 saturated heterocycles. The van der Waals surface area contributed by atoms with Crippen LogP contribution in [-0.4, -0.2) is 21.6 Å². The molecule has 7 heteroatoms. The van der Waals surface area contributed by atoms with Crippen LogP contribution in [0.15, 0.2) is 41.3 Å². The monoisotopic (exact) mass is 355 g/mol. The van der Waals surface area contributed by atoms with Crippen molar-refractivity contribution in [1.29, 1.82) is 0 Å². The van der Waals surface area contributed by atoms with Crippen molar-refractivity contribution >= 4 is 27.3 Å². The van der Waals surface area contributed by atoms with Gasteiger partial charge in [0, 0.05) is 17.8 Å². The molecule has 0 heterocycles. The molecule has 1 atom stereocenters. The Hall–Kier alpha value is -1.63. The number of ether oxygens (including phenoxy) is 1. The minimum absolute atomic E-state index is 0.116. The summed E-state index contributed by atoms with van der Waals surface area (Å²) in [5.41, 5.74) is 2.57. The van der Waals surface area contributed by atoms with Crippen molar-refractivity contribution in [2.24, 2.45) is 0 Å². The quantitative estimate of drug-likeness (QED) is 0.914. The van der Waals surface area contributed by atoms with E-state index in [0.29, 0.717) is 5.69 Å². The van der Waals surface area contributed by atoms with Gasteiger partial charge in [-0.1, -0.05) is 17.7 Å². The number of anilines is 1. The third kappa shape index (κ3) is 3.34. The summed E-state index contributed by atoms with van der Waals surface area (Å²) in [6, 6.07) is 8.76. The van der Waals surface area contributed by atoms with Crippen LogP contribution in [0.2, 0.25) is 5.02 Å². The average Bonchev–Trinajstić information content (AvgIpc) is 2.88. The number of nitrogens with one attached hydrogen (secondary N) is 1. The van der Waals surface area contributed by atoms with Gasteiger partial charge in [0.2, 0.25) is 0 Å². The average molecular weight is 356 g/mol. The predicted octanol–water partition coefficient (Wildman–Crippen LogP) is 3.39. The summed E-state index contributed by atoms with van der Waals surface area (Å²) < 4.78 is 46.3. The molecule has 0 spiro atoms.